The van der Waals surface area contributed by atoms with Gasteiger partial charge in [-0.05, 0) is 29.8 Å². The van der Waals surface area contributed by atoms with E-state index in [1.807, 2.05) is 0 Å². The van der Waals surface area contributed by atoms with Crippen molar-refractivity contribution < 1.29 is 14.6 Å². The molecule has 0 aromatic heterocycles. The average molecular weight is 382 g/mol. The van der Waals surface area contributed by atoms with Gasteiger partial charge in [0.15, 0.2) is 0 Å². The molecule has 0 aliphatic carbocycles. The highest BCUT2D eigenvalue weighted by Gasteiger charge is 2.16. The molecule has 0 radical (unpaired) electrons. The summed E-state index contributed by atoms with van der Waals surface area (Å²) in [4.78, 5) is 32.4. The van der Waals surface area contributed by atoms with E-state index in [2.05, 4.69) is 5.32 Å². The molecule has 2 aromatic rings. The Labute approximate surface area is 151 Å². The Morgan fingerprint density at radius 3 is 2.32 bits per heavy atom. The fourth-order valence-electron chi connectivity index (χ4n) is 1.88. The summed E-state index contributed by atoms with van der Waals surface area (Å²) in [5, 5.41) is 24.3. The Bertz CT molecular complexity index is 899. The van der Waals surface area contributed by atoms with Gasteiger partial charge in [0.2, 0.25) is 5.91 Å². The molecule has 2 aromatic carbocycles. The van der Waals surface area contributed by atoms with Crippen LogP contribution >= 0.6 is 23.2 Å². The Hall–Kier alpha value is -2.97. The fourth-order valence-corrected chi connectivity index (χ4v) is 2.23. The zero-order chi connectivity index (χ0) is 18.6. The molecule has 0 heterocycles. The maximum absolute atomic E-state index is 11.9. The monoisotopic (exact) mass is 381 g/mol. The van der Waals surface area contributed by atoms with E-state index in [0.717, 1.165) is 12.1 Å². The van der Waals surface area contributed by atoms with Crippen molar-refractivity contribution in [2.24, 2.45) is 0 Å². The Morgan fingerprint density at radius 1 is 1.00 bits per heavy atom. The Morgan fingerprint density at radius 2 is 1.68 bits per heavy atom. The van der Waals surface area contributed by atoms with E-state index in [1.54, 1.807) is 0 Å². The van der Waals surface area contributed by atoms with Gasteiger partial charge in [-0.3, -0.25) is 25.0 Å². The molecule has 0 fully saturated rings. The first-order valence-corrected chi connectivity index (χ1v) is 7.40. The lowest BCUT2D eigenvalue weighted by Crippen LogP contribution is -2.09. The summed E-state index contributed by atoms with van der Waals surface area (Å²) in [6.45, 7) is 0. The second kappa shape index (κ2) is 7.73. The van der Waals surface area contributed by atoms with Gasteiger partial charge in [-0.2, -0.15) is 0 Å². The average Bonchev–Trinajstić information content (AvgIpc) is 2.55. The van der Waals surface area contributed by atoms with E-state index >= 15 is 0 Å². The van der Waals surface area contributed by atoms with Crippen LogP contribution in [0.4, 0.5) is 17.1 Å². The second-order valence-electron chi connectivity index (χ2n) is 4.71. The van der Waals surface area contributed by atoms with Gasteiger partial charge in [-0.25, -0.2) is 0 Å². The maximum Gasteiger partial charge on any atom is 0.294 e. The van der Waals surface area contributed by atoms with Crippen LogP contribution in [0.1, 0.15) is 5.56 Å². The number of amides is 1. The number of nitro groups is 2. The summed E-state index contributed by atoms with van der Waals surface area (Å²) in [5.41, 5.74) is -0.295. The highest BCUT2D eigenvalue weighted by Crippen LogP contribution is 2.28. The van der Waals surface area contributed by atoms with Crippen molar-refractivity contribution in [2.75, 3.05) is 5.32 Å². The van der Waals surface area contributed by atoms with Gasteiger partial charge in [0.25, 0.3) is 11.4 Å². The Kier molecular flexibility index (Phi) is 5.68. The molecule has 1 amide bonds. The van der Waals surface area contributed by atoms with Crippen LogP contribution in [0.15, 0.2) is 42.5 Å². The summed E-state index contributed by atoms with van der Waals surface area (Å²) in [6, 6.07) is 7.85. The van der Waals surface area contributed by atoms with Crippen molar-refractivity contribution in [3.8, 4) is 0 Å². The quantitative estimate of drug-likeness (QED) is 0.466. The number of benzene rings is 2. The lowest BCUT2D eigenvalue weighted by Gasteiger charge is -2.04. The highest BCUT2D eigenvalue weighted by atomic mass is 35.5. The van der Waals surface area contributed by atoms with E-state index < -0.39 is 15.8 Å². The van der Waals surface area contributed by atoms with Crippen LogP contribution in [0.3, 0.4) is 0 Å². The molecule has 1 N–H and O–H groups in total. The molecule has 0 saturated heterocycles. The molecule has 0 aliphatic heterocycles. The van der Waals surface area contributed by atoms with Gasteiger partial charge in [-0.1, -0.05) is 29.3 Å². The maximum atomic E-state index is 11.9. The zero-order valence-electron chi connectivity index (χ0n) is 12.3. The van der Waals surface area contributed by atoms with Crippen LogP contribution in [-0.2, 0) is 4.79 Å². The van der Waals surface area contributed by atoms with Crippen molar-refractivity contribution in [3.63, 3.8) is 0 Å². The molecule has 0 atom stereocenters. The minimum absolute atomic E-state index is 0.0221. The normalized spacial score (nSPS) is 10.6. The van der Waals surface area contributed by atoms with Crippen LogP contribution in [0.5, 0.6) is 0 Å². The summed E-state index contributed by atoms with van der Waals surface area (Å²) in [6.07, 6.45) is 2.41. The minimum Gasteiger partial charge on any atom is -0.317 e. The molecule has 2 rings (SSSR count). The standard InChI is InChI=1S/C15H9Cl2N3O5/c16-10-3-5-12(14(8-10)20(24)25)18-15(21)6-2-9-1-4-11(17)13(7-9)19(22)23/h1-8H,(H,18,21)/b6-2+. The van der Waals surface area contributed by atoms with Gasteiger partial charge in [0.1, 0.15) is 10.7 Å². The summed E-state index contributed by atoms with van der Waals surface area (Å²) in [7, 11) is 0. The second-order valence-corrected chi connectivity index (χ2v) is 5.55. The predicted octanol–water partition coefficient (Wildman–Crippen LogP) is 4.46. The molecule has 25 heavy (non-hydrogen) atoms. The van der Waals surface area contributed by atoms with Gasteiger partial charge in [0, 0.05) is 23.2 Å². The molecule has 0 bridgehead atoms. The van der Waals surface area contributed by atoms with Gasteiger partial charge < -0.3 is 5.32 Å². The number of nitrogens with zero attached hydrogens (tertiary/aromatic N) is 2. The fraction of sp³-hybridized carbons (Fsp3) is 0. The molecule has 128 valence electrons. The molecule has 8 nitrogen and oxygen atoms in total. The summed E-state index contributed by atoms with van der Waals surface area (Å²) >= 11 is 11.4. The van der Waals surface area contributed by atoms with Crippen LogP contribution in [0.25, 0.3) is 6.08 Å². The number of anilines is 1. The lowest BCUT2D eigenvalue weighted by molar-refractivity contribution is -0.384. The number of hydrogen-bond acceptors (Lipinski definition) is 5. The number of nitro benzene ring substituents is 2. The third kappa shape index (κ3) is 4.75. The highest BCUT2D eigenvalue weighted by molar-refractivity contribution is 6.32. The first-order chi connectivity index (χ1) is 11.8. The van der Waals surface area contributed by atoms with Crippen LogP contribution in [0.2, 0.25) is 10.0 Å². The van der Waals surface area contributed by atoms with Gasteiger partial charge in [-0.15, -0.1) is 0 Å². The molecule has 0 spiro atoms. The lowest BCUT2D eigenvalue weighted by atomic mass is 10.2. The van der Waals surface area contributed by atoms with Crippen LogP contribution < -0.4 is 5.32 Å². The SMILES string of the molecule is O=C(/C=C/c1ccc(Cl)c([N+](=O)[O-])c1)Nc1ccc(Cl)cc1[N+](=O)[O-]. The van der Waals surface area contributed by atoms with Crippen LogP contribution in [0, 0.1) is 20.2 Å². The number of nitrogens with one attached hydrogen (secondary N) is 1. The van der Waals surface area contributed by atoms with Crippen molar-refractivity contribution in [3.05, 3.63) is 78.3 Å². The number of carbonyl (C=O) groups is 1. The van der Waals surface area contributed by atoms with Gasteiger partial charge in [0.05, 0.1) is 9.85 Å². The largest absolute Gasteiger partial charge is 0.317 e. The van der Waals surface area contributed by atoms with E-state index in [0.29, 0.717) is 5.56 Å². The van der Waals surface area contributed by atoms with Crippen LogP contribution in [-0.4, -0.2) is 15.8 Å². The topological polar surface area (TPSA) is 115 Å². The third-order valence-electron chi connectivity index (χ3n) is 3.01. The summed E-state index contributed by atoms with van der Waals surface area (Å²) in [5.74, 6) is -0.650. The first-order valence-electron chi connectivity index (χ1n) is 6.65. The third-order valence-corrected chi connectivity index (χ3v) is 3.56. The molecular formula is C15H9Cl2N3O5. The smallest absolute Gasteiger partial charge is 0.294 e. The van der Waals surface area contributed by atoms with E-state index in [4.69, 9.17) is 23.2 Å². The number of carbonyl (C=O) groups excluding carboxylic acids is 1. The molecule has 0 saturated carbocycles. The van der Waals surface area contributed by atoms with Crippen molar-refractivity contribution in [1.82, 2.24) is 0 Å². The number of rotatable bonds is 5. The molecule has 0 aliphatic rings. The minimum atomic E-state index is -0.673. The van der Waals surface area contributed by atoms with E-state index in [9.17, 15) is 25.0 Å². The van der Waals surface area contributed by atoms with Crippen molar-refractivity contribution in [2.45, 2.75) is 0 Å². The van der Waals surface area contributed by atoms with Crippen molar-refractivity contribution >= 4 is 52.2 Å². The number of hydrogen-bond donors (Lipinski definition) is 1. The predicted molar refractivity (Wildman–Crippen MR) is 93.9 cm³/mol. The molecule has 0 unspecified atom stereocenters. The molecular weight excluding hydrogens is 373 g/mol. The van der Waals surface area contributed by atoms with E-state index in [1.165, 1.54) is 36.4 Å². The van der Waals surface area contributed by atoms with E-state index in [-0.39, 0.29) is 27.1 Å². The molecule has 10 heteroatoms. The van der Waals surface area contributed by atoms with Crippen molar-refractivity contribution in [1.29, 1.82) is 0 Å². The first kappa shape index (κ1) is 18.4. The van der Waals surface area contributed by atoms with Gasteiger partial charge >= 0.3 is 0 Å². The Balaban J connectivity index is 2.18. The summed E-state index contributed by atoms with van der Waals surface area (Å²) < 4.78 is 0. The number of halogens is 2. The zero-order valence-corrected chi connectivity index (χ0v) is 13.8.